The van der Waals surface area contributed by atoms with Crippen LogP contribution in [0.2, 0.25) is 0 Å². The molecule has 1 aromatic carbocycles. The van der Waals surface area contributed by atoms with E-state index in [-0.39, 0.29) is 11.7 Å². The molecule has 0 aliphatic rings. The van der Waals surface area contributed by atoms with Crippen LogP contribution in [0.5, 0.6) is 0 Å². The zero-order valence-corrected chi connectivity index (χ0v) is 12.4. The van der Waals surface area contributed by atoms with Crippen LogP contribution in [0.3, 0.4) is 0 Å². The second-order valence-corrected chi connectivity index (χ2v) is 4.95. The van der Waals surface area contributed by atoms with Crippen LogP contribution in [0.15, 0.2) is 24.3 Å². The summed E-state index contributed by atoms with van der Waals surface area (Å²) in [4.78, 5) is 20.6. The topological polar surface area (TPSA) is 54.9 Å². The summed E-state index contributed by atoms with van der Waals surface area (Å²) in [6.45, 7) is 5.89. The fourth-order valence-electron chi connectivity index (χ4n) is 2.27. The van der Waals surface area contributed by atoms with Crippen molar-refractivity contribution in [3.63, 3.8) is 0 Å². The summed E-state index contributed by atoms with van der Waals surface area (Å²) in [5.74, 6) is 0.228. The Labute approximate surface area is 123 Å². The molecular weight excluding hydrogens is 269 g/mol. The predicted molar refractivity (Wildman–Crippen MR) is 78.7 cm³/mol. The molecule has 0 fully saturated rings. The lowest BCUT2D eigenvalue weighted by molar-refractivity contribution is 0.0952. The van der Waals surface area contributed by atoms with E-state index in [4.69, 9.17) is 0 Å². The molecule has 1 heterocycles. The molecule has 0 bridgehead atoms. The number of rotatable bonds is 4. The van der Waals surface area contributed by atoms with Gasteiger partial charge in [-0.05, 0) is 44.9 Å². The smallest absolute Gasteiger partial charge is 0.254 e. The fourth-order valence-corrected chi connectivity index (χ4v) is 2.27. The lowest BCUT2D eigenvalue weighted by atomic mass is 10.1. The van der Waals surface area contributed by atoms with Crippen LogP contribution in [0.25, 0.3) is 0 Å². The number of nitrogens with one attached hydrogen (secondary N) is 1. The maximum Gasteiger partial charge on any atom is 0.254 e. The largest absolute Gasteiger partial charge is 0.352 e. The van der Waals surface area contributed by atoms with E-state index in [0.717, 1.165) is 5.56 Å². The van der Waals surface area contributed by atoms with Gasteiger partial charge in [0.1, 0.15) is 11.6 Å². The highest BCUT2D eigenvalue weighted by atomic mass is 19.1. The van der Waals surface area contributed by atoms with Gasteiger partial charge in [-0.3, -0.25) is 4.79 Å². The van der Waals surface area contributed by atoms with Crippen molar-refractivity contribution < 1.29 is 9.18 Å². The van der Waals surface area contributed by atoms with E-state index >= 15 is 0 Å². The maximum absolute atomic E-state index is 12.8. The highest BCUT2D eigenvalue weighted by Gasteiger charge is 2.14. The summed E-state index contributed by atoms with van der Waals surface area (Å²) < 4.78 is 12.8. The van der Waals surface area contributed by atoms with Crippen molar-refractivity contribution in [3.05, 3.63) is 58.4 Å². The number of benzene rings is 1. The van der Waals surface area contributed by atoms with Crippen LogP contribution in [0, 0.1) is 26.6 Å². The lowest BCUT2D eigenvalue weighted by Gasteiger charge is -2.10. The minimum Gasteiger partial charge on any atom is -0.352 e. The zero-order chi connectivity index (χ0) is 15.4. The molecule has 0 aliphatic heterocycles. The average Bonchev–Trinajstić information content (AvgIpc) is 2.40. The normalized spacial score (nSPS) is 10.5. The van der Waals surface area contributed by atoms with Crippen molar-refractivity contribution in [2.45, 2.75) is 27.2 Å². The zero-order valence-electron chi connectivity index (χ0n) is 12.4. The number of hydrogen-bond donors (Lipinski definition) is 1. The standard InChI is InChI=1S/C16H18FN3O/c1-10-15(11(2)20-12(3)19-10)16(21)18-9-8-13-4-6-14(17)7-5-13/h4-7H,8-9H2,1-3H3,(H,18,21). The minimum absolute atomic E-state index is 0.174. The molecule has 2 rings (SSSR count). The molecule has 0 saturated carbocycles. The van der Waals surface area contributed by atoms with Gasteiger partial charge >= 0.3 is 0 Å². The van der Waals surface area contributed by atoms with E-state index in [9.17, 15) is 9.18 Å². The Balaban J connectivity index is 1.98. The molecule has 0 radical (unpaired) electrons. The van der Waals surface area contributed by atoms with Crippen molar-refractivity contribution in [2.75, 3.05) is 6.54 Å². The summed E-state index contributed by atoms with van der Waals surface area (Å²) in [5, 5.41) is 2.85. The molecule has 0 aliphatic carbocycles. The van der Waals surface area contributed by atoms with E-state index in [1.54, 1.807) is 32.9 Å². The van der Waals surface area contributed by atoms with Gasteiger partial charge in [-0.15, -0.1) is 0 Å². The summed E-state index contributed by atoms with van der Waals surface area (Å²) in [6.07, 6.45) is 0.650. The molecule has 1 aromatic heterocycles. The second-order valence-electron chi connectivity index (χ2n) is 4.95. The van der Waals surface area contributed by atoms with Gasteiger partial charge in [0, 0.05) is 6.54 Å². The Hall–Kier alpha value is -2.30. The number of hydrogen-bond acceptors (Lipinski definition) is 3. The van der Waals surface area contributed by atoms with Crippen molar-refractivity contribution in [2.24, 2.45) is 0 Å². The molecular formula is C16H18FN3O. The molecule has 0 unspecified atom stereocenters. The molecule has 1 amide bonds. The molecule has 110 valence electrons. The van der Waals surface area contributed by atoms with Crippen LogP contribution >= 0.6 is 0 Å². The van der Waals surface area contributed by atoms with E-state index in [1.165, 1.54) is 12.1 Å². The van der Waals surface area contributed by atoms with Crippen molar-refractivity contribution >= 4 is 5.91 Å². The van der Waals surface area contributed by atoms with Crippen molar-refractivity contribution in [1.29, 1.82) is 0 Å². The van der Waals surface area contributed by atoms with E-state index in [2.05, 4.69) is 15.3 Å². The van der Waals surface area contributed by atoms with E-state index in [0.29, 0.717) is 35.7 Å². The monoisotopic (exact) mass is 287 g/mol. The van der Waals surface area contributed by atoms with Gasteiger partial charge < -0.3 is 5.32 Å². The van der Waals surface area contributed by atoms with Crippen LogP contribution in [0.4, 0.5) is 4.39 Å². The highest BCUT2D eigenvalue weighted by molar-refractivity contribution is 5.96. The lowest BCUT2D eigenvalue weighted by Crippen LogP contribution is -2.28. The molecule has 0 atom stereocenters. The average molecular weight is 287 g/mol. The maximum atomic E-state index is 12.8. The molecule has 2 aromatic rings. The number of amides is 1. The first-order chi connectivity index (χ1) is 9.97. The van der Waals surface area contributed by atoms with Gasteiger partial charge in [0.25, 0.3) is 5.91 Å². The van der Waals surface area contributed by atoms with Gasteiger partial charge in [-0.25, -0.2) is 14.4 Å². The van der Waals surface area contributed by atoms with Crippen LogP contribution in [0.1, 0.15) is 33.1 Å². The van der Waals surface area contributed by atoms with Crippen LogP contribution in [-0.2, 0) is 6.42 Å². The van der Waals surface area contributed by atoms with Gasteiger partial charge in [0.15, 0.2) is 0 Å². The first-order valence-electron chi connectivity index (χ1n) is 6.82. The van der Waals surface area contributed by atoms with E-state index < -0.39 is 0 Å². The molecule has 1 N–H and O–H groups in total. The predicted octanol–water partition coefficient (Wildman–Crippen LogP) is 2.51. The molecule has 4 nitrogen and oxygen atoms in total. The molecule has 0 saturated heterocycles. The number of nitrogens with zero attached hydrogens (tertiary/aromatic N) is 2. The minimum atomic E-state index is -0.258. The fraction of sp³-hybridized carbons (Fsp3) is 0.312. The van der Waals surface area contributed by atoms with Gasteiger partial charge in [0.05, 0.1) is 17.0 Å². The Morgan fingerprint density at radius 1 is 1.10 bits per heavy atom. The number of carbonyl (C=O) groups is 1. The third-order valence-electron chi connectivity index (χ3n) is 3.22. The summed E-state index contributed by atoms with van der Waals surface area (Å²) in [6, 6.07) is 6.26. The third-order valence-corrected chi connectivity index (χ3v) is 3.22. The Morgan fingerprint density at radius 2 is 1.67 bits per heavy atom. The first-order valence-corrected chi connectivity index (χ1v) is 6.82. The van der Waals surface area contributed by atoms with Crippen molar-refractivity contribution in [1.82, 2.24) is 15.3 Å². The quantitative estimate of drug-likeness (QED) is 0.940. The van der Waals surface area contributed by atoms with Crippen molar-refractivity contribution in [3.8, 4) is 0 Å². The second kappa shape index (κ2) is 6.43. The number of carbonyl (C=O) groups excluding carboxylic acids is 1. The Kier molecular flexibility index (Phi) is 4.62. The number of halogens is 1. The molecule has 21 heavy (non-hydrogen) atoms. The first kappa shape index (κ1) is 15.1. The van der Waals surface area contributed by atoms with Gasteiger partial charge in [-0.1, -0.05) is 12.1 Å². The molecule has 5 heteroatoms. The Bertz CT molecular complexity index is 630. The SMILES string of the molecule is Cc1nc(C)c(C(=O)NCCc2ccc(F)cc2)c(C)n1. The highest BCUT2D eigenvalue weighted by Crippen LogP contribution is 2.10. The number of aromatic nitrogens is 2. The number of aryl methyl sites for hydroxylation is 3. The summed E-state index contributed by atoms with van der Waals surface area (Å²) in [5.41, 5.74) is 2.86. The van der Waals surface area contributed by atoms with Gasteiger partial charge in [-0.2, -0.15) is 0 Å². The summed E-state index contributed by atoms with van der Waals surface area (Å²) >= 11 is 0. The summed E-state index contributed by atoms with van der Waals surface area (Å²) in [7, 11) is 0. The third kappa shape index (κ3) is 3.84. The molecule has 0 spiro atoms. The van der Waals surface area contributed by atoms with Gasteiger partial charge in [0.2, 0.25) is 0 Å². The Morgan fingerprint density at radius 3 is 2.24 bits per heavy atom. The van der Waals surface area contributed by atoms with Crippen LogP contribution in [-0.4, -0.2) is 22.4 Å². The van der Waals surface area contributed by atoms with Crippen LogP contribution < -0.4 is 5.32 Å². The van der Waals surface area contributed by atoms with E-state index in [1.807, 2.05) is 0 Å².